The summed E-state index contributed by atoms with van der Waals surface area (Å²) < 4.78 is 4.91. The molecule has 0 saturated carbocycles. The first kappa shape index (κ1) is 20.4. The van der Waals surface area contributed by atoms with Crippen molar-refractivity contribution in [2.75, 3.05) is 27.2 Å². The van der Waals surface area contributed by atoms with E-state index in [0.29, 0.717) is 13.1 Å². The van der Waals surface area contributed by atoms with Crippen molar-refractivity contribution >= 4 is 46.8 Å². The van der Waals surface area contributed by atoms with Crippen LogP contribution in [0.4, 0.5) is 0 Å². The number of aromatic nitrogens is 1. The lowest BCUT2D eigenvalue weighted by molar-refractivity contribution is -0.145. The number of likely N-dealkylation sites (tertiary alicyclic amines) is 1. The van der Waals surface area contributed by atoms with Gasteiger partial charge in [-0.2, -0.15) is 0 Å². The van der Waals surface area contributed by atoms with Crippen LogP contribution >= 0.6 is 24.0 Å². The minimum Gasteiger partial charge on any atom is -0.469 e. The number of halogens is 1. The standard InChI is InChI=1S/C19H24N4O2.HI/c1-13-11-23(12-16(13)18(24)25-3)19(20-2)22-10-15-7-4-6-14-8-5-9-21-17(14)15;/h4-9,13,16H,10-12H2,1-3H3,(H,20,22);1H. The Morgan fingerprint density at radius 3 is 2.85 bits per heavy atom. The van der Waals surface area contributed by atoms with Gasteiger partial charge in [0.05, 0.1) is 18.5 Å². The number of pyridine rings is 1. The molecule has 1 aromatic heterocycles. The van der Waals surface area contributed by atoms with Gasteiger partial charge in [0.25, 0.3) is 0 Å². The maximum atomic E-state index is 11.9. The summed E-state index contributed by atoms with van der Waals surface area (Å²) in [5.41, 5.74) is 2.12. The highest BCUT2D eigenvalue weighted by Gasteiger charge is 2.36. The van der Waals surface area contributed by atoms with Crippen LogP contribution in [0.1, 0.15) is 12.5 Å². The van der Waals surface area contributed by atoms with Gasteiger partial charge in [0.2, 0.25) is 0 Å². The molecule has 1 aliphatic heterocycles. The van der Waals surface area contributed by atoms with Crippen molar-refractivity contribution in [1.29, 1.82) is 0 Å². The number of nitrogens with zero attached hydrogens (tertiary/aromatic N) is 3. The molecule has 0 aliphatic carbocycles. The van der Waals surface area contributed by atoms with Crippen LogP contribution in [0.25, 0.3) is 10.9 Å². The molecule has 2 atom stereocenters. The number of guanidine groups is 1. The SMILES string of the molecule is CN=C(NCc1cccc2cccnc12)N1CC(C)C(C(=O)OC)C1.I. The van der Waals surface area contributed by atoms with Gasteiger partial charge in [-0.15, -0.1) is 24.0 Å². The second-order valence-corrected chi connectivity index (χ2v) is 6.40. The number of para-hydroxylation sites is 1. The maximum Gasteiger partial charge on any atom is 0.310 e. The van der Waals surface area contributed by atoms with Crippen molar-refractivity contribution in [3.05, 3.63) is 42.1 Å². The Hall–Kier alpha value is -1.90. The number of aliphatic imine (C=N–C) groups is 1. The molecule has 1 N–H and O–H groups in total. The molecule has 2 heterocycles. The number of methoxy groups -OCH3 is 1. The van der Waals surface area contributed by atoms with Crippen molar-refractivity contribution in [3.8, 4) is 0 Å². The lowest BCUT2D eigenvalue weighted by Crippen LogP contribution is -2.40. The van der Waals surface area contributed by atoms with Crippen LogP contribution < -0.4 is 5.32 Å². The van der Waals surface area contributed by atoms with E-state index >= 15 is 0 Å². The van der Waals surface area contributed by atoms with Gasteiger partial charge in [0.15, 0.2) is 5.96 Å². The van der Waals surface area contributed by atoms with E-state index in [1.165, 1.54) is 7.11 Å². The molecule has 1 fully saturated rings. The predicted molar refractivity (Wildman–Crippen MR) is 114 cm³/mol. The van der Waals surface area contributed by atoms with Gasteiger partial charge in [-0.05, 0) is 17.5 Å². The van der Waals surface area contributed by atoms with Crippen LogP contribution in [0.2, 0.25) is 0 Å². The van der Waals surface area contributed by atoms with Crippen molar-refractivity contribution in [2.45, 2.75) is 13.5 Å². The summed E-state index contributed by atoms with van der Waals surface area (Å²) in [5, 5.41) is 4.52. The number of ether oxygens (including phenoxy) is 1. The van der Waals surface area contributed by atoms with Crippen LogP contribution in [0.3, 0.4) is 0 Å². The highest BCUT2D eigenvalue weighted by atomic mass is 127. The number of fused-ring (bicyclic) bond motifs is 1. The topological polar surface area (TPSA) is 66.8 Å². The highest BCUT2D eigenvalue weighted by Crippen LogP contribution is 2.24. The molecule has 1 saturated heterocycles. The molecule has 3 rings (SSSR count). The van der Waals surface area contributed by atoms with E-state index in [2.05, 4.69) is 45.3 Å². The molecule has 7 heteroatoms. The van der Waals surface area contributed by atoms with E-state index in [4.69, 9.17) is 4.74 Å². The van der Waals surface area contributed by atoms with Gasteiger partial charge in [0.1, 0.15) is 0 Å². The summed E-state index contributed by atoms with van der Waals surface area (Å²) in [4.78, 5) is 22.9. The molecule has 2 unspecified atom stereocenters. The number of carbonyl (C=O) groups is 1. The van der Waals surface area contributed by atoms with Crippen LogP contribution in [0.15, 0.2) is 41.5 Å². The molecule has 0 radical (unpaired) electrons. The third-order valence-electron chi connectivity index (χ3n) is 4.78. The van der Waals surface area contributed by atoms with E-state index in [9.17, 15) is 4.79 Å². The first-order chi connectivity index (χ1) is 12.1. The fraction of sp³-hybridized carbons (Fsp3) is 0.421. The molecule has 0 bridgehead atoms. The highest BCUT2D eigenvalue weighted by molar-refractivity contribution is 14.0. The van der Waals surface area contributed by atoms with Crippen LogP contribution in [-0.2, 0) is 16.1 Å². The zero-order valence-corrected chi connectivity index (χ0v) is 17.6. The van der Waals surface area contributed by atoms with E-state index in [1.54, 1.807) is 7.05 Å². The van der Waals surface area contributed by atoms with Crippen molar-refractivity contribution in [2.24, 2.45) is 16.8 Å². The summed E-state index contributed by atoms with van der Waals surface area (Å²) in [7, 11) is 3.21. The quantitative estimate of drug-likeness (QED) is 0.325. The van der Waals surface area contributed by atoms with Gasteiger partial charge in [0, 0.05) is 38.3 Å². The van der Waals surface area contributed by atoms with E-state index in [0.717, 1.165) is 29.0 Å². The summed E-state index contributed by atoms with van der Waals surface area (Å²) in [6.45, 7) is 4.12. The van der Waals surface area contributed by atoms with Gasteiger partial charge in [-0.1, -0.05) is 31.2 Å². The summed E-state index contributed by atoms with van der Waals surface area (Å²) in [5.74, 6) is 0.780. The normalized spacial score (nSPS) is 20.0. The van der Waals surface area contributed by atoms with Gasteiger partial charge in [-0.25, -0.2) is 0 Å². The smallest absolute Gasteiger partial charge is 0.310 e. The van der Waals surface area contributed by atoms with Crippen LogP contribution in [0, 0.1) is 11.8 Å². The van der Waals surface area contributed by atoms with Crippen molar-refractivity contribution in [1.82, 2.24) is 15.2 Å². The zero-order valence-electron chi connectivity index (χ0n) is 15.3. The lowest BCUT2D eigenvalue weighted by Gasteiger charge is -2.21. The maximum absolute atomic E-state index is 11.9. The molecule has 26 heavy (non-hydrogen) atoms. The van der Waals surface area contributed by atoms with E-state index in [1.807, 2.05) is 18.3 Å². The third-order valence-corrected chi connectivity index (χ3v) is 4.78. The Labute approximate surface area is 171 Å². The summed E-state index contributed by atoms with van der Waals surface area (Å²) in [6.07, 6.45) is 1.81. The molecular weight excluding hydrogens is 443 g/mol. The summed E-state index contributed by atoms with van der Waals surface area (Å²) >= 11 is 0. The molecule has 1 aromatic carbocycles. The van der Waals surface area contributed by atoms with E-state index in [-0.39, 0.29) is 41.8 Å². The first-order valence-corrected chi connectivity index (χ1v) is 8.50. The molecule has 0 spiro atoms. The minimum atomic E-state index is -0.149. The molecule has 2 aromatic rings. The Morgan fingerprint density at radius 2 is 2.12 bits per heavy atom. The monoisotopic (exact) mass is 468 g/mol. The second kappa shape index (κ2) is 9.16. The Bertz CT molecular complexity index is 791. The Balaban J connectivity index is 0.00000243. The number of hydrogen-bond acceptors (Lipinski definition) is 4. The zero-order chi connectivity index (χ0) is 17.8. The van der Waals surface area contributed by atoms with Crippen molar-refractivity contribution < 1.29 is 9.53 Å². The molecule has 0 amide bonds. The molecular formula is C19H25IN4O2. The lowest BCUT2D eigenvalue weighted by atomic mass is 9.99. The predicted octanol–water partition coefficient (Wildman–Crippen LogP) is 2.67. The fourth-order valence-electron chi connectivity index (χ4n) is 3.41. The third kappa shape index (κ3) is 4.25. The average molecular weight is 468 g/mol. The van der Waals surface area contributed by atoms with E-state index < -0.39 is 0 Å². The summed E-state index contributed by atoms with van der Waals surface area (Å²) in [6, 6.07) is 10.2. The number of benzene rings is 1. The Morgan fingerprint density at radius 1 is 1.35 bits per heavy atom. The largest absolute Gasteiger partial charge is 0.469 e. The molecule has 6 nitrogen and oxygen atoms in total. The molecule has 1 aliphatic rings. The van der Waals surface area contributed by atoms with Gasteiger partial charge >= 0.3 is 5.97 Å². The number of esters is 1. The molecule has 140 valence electrons. The minimum absolute atomic E-state index is 0. The number of hydrogen-bond donors (Lipinski definition) is 1. The van der Waals surface area contributed by atoms with Crippen LogP contribution in [-0.4, -0.2) is 49.1 Å². The van der Waals surface area contributed by atoms with Gasteiger partial charge in [-0.3, -0.25) is 14.8 Å². The Kier molecular flexibility index (Phi) is 7.19. The fourth-order valence-corrected chi connectivity index (χ4v) is 3.41. The number of carbonyl (C=O) groups excluding carboxylic acids is 1. The van der Waals surface area contributed by atoms with Crippen LogP contribution in [0.5, 0.6) is 0 Å². The number of nitrogens with one attached hydrogen (secondary N) is 1. The number of rotatable bonds is 3. The second-order valence-electron chi connectivity index (χ2n) is 6.40. The van der Waals surface area contributed by atoms with Gasteiger partial charge < -0.3 is 15.0 Å². The average Bonchev–Trinajstić information content (AvgIpc) is 3.03. The van der Waals surface area contributed by atoms with Crippen molar-refractivity contribution in [3.63, 3.8) is 0 Å². The first-order valence-electron chi connectivity index (χ1n) is 8.50.